The van der Waals surface area contributed by atoms with Crippen LogP contribution >= 0.6 is 0 Å². The Balaban J connectivity index is 2.69. The molecule has 1 saturated heterocycles. The predicted molar refractivity (Wildman–Crippen MR) is 62.7 cm³/mol. The molecule has 0 radical (unpaired) electrons. The maximum atomic E-state index is 11.8. The molecule has 1 N–H and O–H groups in total. The van der Waals surface area contributed by atoms with Gasteiger partial charge in [-0.05, 0) is 20.8 Å². The molecular weight excluding hydrogens is 236 g/mol. The fraction of sp³-hybridized carbons (Fsp3) is 0.750. The number of nitriles is 1. The molecule has 100 valence electrons. The molecule has 6 nitrogen and oxygen atoms in total. The van der Waals surface area contributed by atoms with E-state index in [2.05, 4.69) is 0 Å². The first-order chi connectivity index (χ1) is 8.24. The molecule has 1 fully saturated rings. The molecule has 2 unspecified atom stereocenters. The zero-order valence-corrected chi connectivity index (χ0v) is 10.8. The molecule has 6 heteroatoms. The third-order valence-corrected chi connectivity index (χ3v) is 2.76. The number of rotatable bonds is 2. The van der Waals surface area contributed by atoms with Crippen LogP contribution < -0.4 is 0 Å². The van der Waals surface area contributed by atoms with Gasteiger partial charge in [-0.1, -0.05) is 0 Å². The lowest BCUT2D eigenvalue weighted by Gasteiger charge is -2.24. The Kier molecular flexibility index (Phi) is 4.17. The maximum absolute atomic E-state index is 11.8. The van der Waals surface area contributed by atoms with E-state index in [1.54, 1.807) is 20.8 Å². The van der Waals surface area contributed by atoms with Crippen LogP contribution in [0.15, 0.2) is 0 Å². The van der Waals surface area contributed by atoms with Crippen molar-refractivity contribution in [2.24, 2.45) is 11.8 Å². The van der Waals surface area contributed by atoms with E-state index in [0.29, 0.717) is 0 Å². The van der Waals surface area contributed by atoms with Gasteiger partial charge in [-0.2, -0.15) is 5.26 Å². The number of nitrogens with zero attached hydrogens (tertiary/aromatic N) is 2. The predicted octanol–water partition coefficient (Wildman–Crippen LogP) is 1.47. The van der Waals surface area contributed by atoms with Gasteiger partial charge in [0.25, 0.3) is 0 Å². The van der Waals surface area contributed by atoms with Crippen molar-refractivity contribution in [3.8, 4) is 6.07 Å². The van der Waals surface area contributed by atoms with Crippen LogP contribution in [0.2, 0.25) is 0 Å². The van der Waals surface area contributed by atoms with Crippen LogP contribution in [0, 0.1) is 23.2 Å². The van der Waals surface area contributed by atoms with Gasteiger partial charge in [-0.25, -0.2) is 4.79 Å². The minimum atomic E-state index is -0.971. The summed E-state index contributed by atoms with van der Waals surface area (Å²) < 4.78 is 5.19. The molecule has 1 rings (SSSR count). The molecule has 2 atom stereocenters. The molecule has 1 aliphatic rings. The van der Waals surface area contributed by atoms with Gasteiger partial charge >= 0.3 is 12.1 Å². The van der Waals surface area contributed by atoms with E-state index in [1.807, 2.05) is 6.07 Å². The smallest absolute Gasteiger partial charge is 0.410 e. The zero-order valence-electron chi connectivity index (χ0n) is 10.8. The lowest BCUT2D eigenvalue weighted by molar-refractivity contribution is -0.142. The topological polar surface area (TPSA) is 90.6 Å². The highest BCUT2D eigenvalue weighted by atomic mass is 16.6. The van der Waals surface area contributed by atoms with Gasteiger partial charge in [-0.3, -0.25) is 4.79 Å². The van der Waals surface area contributed by atoms with E-state index in [-0.39, 0.29) is 25.4 Å². The number of carboxylic acids is 1. The second-order valence-corrected chi connectivity index (χ2v) is 5.45. The van der Waals surface area contributed by atoms with Crippen LogP contribution in [0.1, 0.15) is 27.2 Å². The van der Waals surface area contributed by atoms with Crippen LogP contribution in [-0.2, 0) is 9.53 Å². The zero-order chi connectivity index (χ0) is 13.9. The van der Waals surface area contributed by atoms with Gasteiger partial charge in [0.1, 0.15) is 5.60 Å². The highest BCUT2D eigenvalue weighted by Crippen LogP contribution is 2.27. The fourth-order valence-corrected chi connectivity index (χ4v) is 1.95. The standard InChI is InChI=1S/C12H18N2O4/c1-12(2,3)18-11(17)14-6-8(4-5-13)9(7-14)10(15)16/h8-9H,4,6-7H2,1-3H3,(H,15,16). The van der Waals surface area contributed by atoms with Crippen LogP contribution in [-0.4, -0.2) is 40.8 Å². The molecule has 1 aliphatic heterocycles. The molecule has 0 spiro atoms. The third-order valence-electron chi connectivity index (χ3n) is 2.76. The summed E-state index contributed by atoms with van der Waals surface area (Å²) in [4.78, 5) is 24.2. The quantitative estimate of drug-likeness (QED) is 0.805. The van der Waals surface area contributed by atoms with Crippen molar-refractivity contribution in [1.29, 1.82) is 5.26 Å². The Morgan fingerprint density at radius 2 is 2.06 bits per heavy atom. The lowest BCUT2D eigenvalue weighted by atomic mass is 9.94. The van der Waals surface area contributed by atoms with Gasteiger partial charge in [0, 0.05) is 25.4 Å². The number of amides is 1. The summed E-state index contributed by atoms with van der Waals surface area (Å²) in [5.41, 5.74) is -0.608. The molecular formula is C12H18N2O4. The van der Waals surface area contributed by atoms with Crippen molar-refractivity contribution in [3.63, 3.8) is 0 Å². The van der Waals surface area contributed by atoms with Crippen LogP contribution in [0.3, 0.4) is 0 Å². The summed E-state index contributed by atoms with van der Waals surface area (Å²) in [5, 5.41) is 17.7. The summed E-state index contributed by atoms with van der Waals surface area (Å²) in [6, 6.07) is 1.96. The van der Waals surface area contributed by atoms with Crippen molar-refractivity contribution in [1.82, 2.24) is 4.90 Å². The van der Waals surface area contributed by atoms with Crippen LogP contribution in [0.4, 0.5) is 4.79 Å². The molecule has 1 amide bonds. The van der Waals surface area contributed by atoms with Crippen LogP contribution in [0.25, 0.3) is 0 Å². The summed E-state index contributed by atoms with van der Waals surface area (Å²) in [5.74, 6) is -1.97. The van der Waals surface area contributed by atoms with E-state index in [0.717, 1.165) is 0 Å². The average Bonchev–Trinajstić information content (AvgIpc) is 2.59. The number of carboxylic acid groups (broad SMARTS) is 1. The van der Waals surface area contributed by atoms with Gasteiger partial charge in [-0.15, -0.1) is 0 Å². The van der Waals surface area contributed by atoms with E-state index in [4.69, 9.17) is 15.1 Å². The highest BCUT2D eigenvalue weighted by Gasteiger charge is 2.40. The number of hydrogen-bond acceptors (Lipinski definition) is 4. The molecule has 0 bridgehead atoms. The Hall–Kier alpha value is -1.77. The highest BCUT2D eigenvalue weighted by molar-refractivity contribution is 5.74. The van der Waals surface area contributed by atoms with Crippen molar-refractivity contribution in [3.05, 3.63) is 0 Å². The first kappa shape index (κ1) is 14.3. The number of carbonyl (C=O) groups is 2. The molecule has 18 heavy (non-hydrogen) atoms. The monoisotopic (exact) mass is 254 g/mol. The Morgan fingerprint density at radius 1 is 1.44 bits per heavy atom. The summed E-state index contributed by atoms with van der Waals surface area (Å²) >= 11 is 0. The number of likely N-dealkylation sites (tertiary alicyclic amines) is 1. The van der Waals surface area contributed by atoms with E-state index in [9.17, 15) is 9.59 Å². The fourth-order valence-electron chi connectivity index (χ4n) is 1.95. The number of aliphatic carboxylic acids is 1. The summed E-state index contributed by atoms with van der Waals surface area (Å²) in [7, 11) is 0. The first-order valence-corrected chi connectivity index (χ1v) is 5.82. The van der Waals surface area contributed by atoms with Gasteiger partial charge in [0.05, 0.1) is 12.0 Å². The third kappa shape index (κ3) is 3.62. The Labute approximate surface area is 106 Å². The van der Waals surface area contributed by atoms with E-state index >= 15 is 0 Å². The number of carbonyl (C=O) groups excluding carboxylic acids is 1. The lowest BCUT2D eigenvalue weighted by Crippen LogP contribution is -2.35. The summed E-state index contributed by atoms with van der Waals surface area (Å²) in [6.45, 7) is 5.63. The van der Waals surface area contributed by atoms with Crippen molar-refractivity contribution in [2.45, 2.75) is 32.8 Å². The first-order valence-electron chi connectivity index (χ1n) is 5.82. The second-order valence-electron chi connectivity index (χ2n) is 5.45. The second kappa shape index (κ2) is 5.25. The summed E-state index contributed by atoms with van der Waals surface area (Å²) in [6.07, 6.45) is -0.384. The van der Waals surface area contributed by atoms with Gasteiger partial charge in [0.15, 0.2) is 0 Å². The minimum Gasteiger partial charge on any atom is -0.481 e. The molecule has 0 aromatic rings. The molecule has 0 aliphatic carbocycles. The van der Waals surface area contributed by atoms with Crippen LogP contribution in [0.5, 0.6) is 0 Å². The van der Waals surface area contributed by atoms with E-state index < -0.39 is 23.6 Å². The maximum Gasteiger partial charge on any atom is 0.410 e. The van der Waals surface area contributed by atoms with Gasteiger partial charge in [0.2, 0.25) is 0 Å². The van der Waals surface area contributed by atoms with Crippen molar-refractivity contribution >= 4 is 12.1 Å². The molecule has 0 aromatic heterocycles. The Morgan fingerprint density at radius 3 is 2.50 bits per heavy atom. The van der Waals surface area contributed by atoms with Crippen molar-refractivity contribution < 1.29 is 19.4 Å². The normalized spacial score (nSPS) is 23.6. The average molecular weight is 254 g/mol. The SMILES string of the molecule is CC(C)(C)OC(=O)N1CC(CC#N)C(C(=O)O)C1. The van der Waals surface area contributed by atoms with E-state index in [1.165, 1.54) is 4.90 Å². The number of ether oxygens (including phenoxy) is 1. The minimum absolute atomic E-state index is 0.108. The molecule has 0 aromatic carbocycles. The van der Waals surface area contributed by atoms with Crippen molar-refractivity contribution in [2.75, 3.05) is 13.1 Å². The largest absolute Gasteiger partial charge is 0.481 e. The number of hydrogen-bond donors (Lipinski definition) is 1. The van der Waals surface area contributed by atoms with Gasteiger partial charge < -0.3 is 14.7 Å². The Bertz CT molecular complexity index is 381. The molecule has 1 heterocycles. The molecule has 0 saturated carbocycles.